The molecule has 0 bridgehead atoms. The molecular formula is C16H33Cd. The number of unbranched alkanes of at least 4 members (excludes halogenated alkanes) is 13. The monoisotopic (exact) mass is 339 g/mol. The molecule has 0 heterocycles. The van der Waals surface area contributed by atoms with E-state index in [9.17, 15) is 0 Å². The van der Waals surface area contributed by atoms with Gasteiger partial charge in [0.1, 0.15) is 0 Å². The minimum atomic E-state index is 0. The van der Waals surface area contributed by atoms with Crippen LogP contribution in [0.2, 0.25) is 0 Å². The molecule has 0 saturated heterocycles. The maximum Gasteiger partial charge on any atom is 0 e. The summed E-state index contributed by atoms with van der Waals surface area (Å²) in [6, 6.07) is 0. The Labute approximate surface area is 130 Å². The Bertz CT molecular complexity index is 98.1. The molecule has 0 aromatic rings. The van der Waals surface area contributed by atoms with Crippen LogP contribution in [0.4, 0.5) is 0 Å². The fraction of sp³-hybridized carbons (Fsp3) is 0.938. The van der Waals surface area contributed by atoms with E-state index in [-0.39, 0.29) is 27.3 Å². The molecule has 0 nitrogen and oxygen atoms in total. The van der Waals surface area contributed by atoms with Gasteiger partial charge in [-0.1, -0.05) is 104 Å². The van der Waals surface area contributed by atoms with Crippen LogP contribution in [-0.4, -0.2) is 0 Å². The molecular weight excluding hydrogens is 305 g/mol. The van der Waals surface area contributed by atoms with Crippen molar-refractivity contribution in [1.29, 1.82) is 0 Å². The summed E-state index contributed by atoms with van der Waals surface area (Å²) in [5.41, 5.74) is 0. The molecule has 0 fully saturated rings. The van der Waals surface area contributed by atoms with Gasteiger partial charge in [-0.2, -0.15) is 0 Å². The normalized spacial score (nSPS) is 10.2. The van der Waals surface area contributed by atoms with E-state index in [1.807, 2.05) is 0 Å². The summed E-state index contributed by atoms with van der Waals surface area (Å²) < 4.78 is 0. The first-order chi connectivity index (χ1) is 7.91. The quantitative estimate of drug-likeness (QED) is 0.273. The predicted molar refractivity (Wildman–Crippen MR) is 75.7 cm³/mol. The first kappa shape index (κ1) is 20.2. The largest absolute Gasteiger partial charge is 0.0654 e. The maximum absolute atomic E-state index is 3.87. The van der Waals surface area contributed by atoms with Crippen molar-refractivity contribution in [2.24, 2.45) is 0 Å². The average Bonchev–Trinajstić information content (AvgIpc) is 2.31. The smallest absolute Gasteiger partial charge is 0 e. The minimum Gasteiger partial charge on any atom is -0.0654 e. The third-order valence-electron chi connectivity index (χ3n) is 3.35. The first-order valence-corrected chi connectivity index (χ1v) is 7.71. The van der Waals surface area contributed by atoms with Gasteiger partial charge >= 0.3 is 0 Å². The van der Waals surface area contributed by atoms with E-state index in [0.29, 0.717) is 0 Å². The van der Waals surface area contributed by atoms with Crippen molar-refractivity contribution in [1.82, 2.24) is 0 Å². The molecule has 0 N–H and O–H groups in total. The molecule has 0 aliphatic heterocycles. The zero-order valence-electron chi connectivity index (χ0n) is 12.3. The van der Waals surface area contributed by atoms with Crippen molar-refractivity contribution in [3.63, 3.8) is 0 Å². The fourth-order valence-corrected chi connectivity index (χ4v) is 2.19. The number of rotatable bonds is 13. The van der Waals surface area contributed by atoms with Crippen LogP contribution in [0, 0.1) is 6.92 Å². The van der Waals surface area contributed by atoms with Crippen LogP contribution in [0.25, 0.3) is 0 Å². The Morgan fingerprint density at radius 1 is 0.529 bits per heavy atom. The second kappa shape index (κ2) is 19.3. The Morgan fingerprint density at radius 2 is 0.824 bits per heavy atom. The Morgan fingerprint density at radius 3 is 1.12 bits per heavy atom. The summed E-state index contributed by atoms with van der Waals surface area (Å²) in [6.45, 7) is 6.16. The van der Waals surface area contributed by atoms with E-state index in [1.165, 1.54) is 83.5 Å². The number of hydrogen-bond acceptors (Lipinski definition) is 0. The van der Waals surface area contributed by atoms with Gasteiger partial charge in [0.2, 0.25) is 0 Å². The molecule has 0 saturated carbocycles. The molecule has 0 atom stereocenters. The fourth-order valence-electron chi connectivity index (χ4n) is 2.19. The van der Waals surface area contributed by atoms with Gasteiger partial charge < -0.3 is 0 Å². The van der Waals surface area contributed by atoms with Gasteiger partial charge in [-0.05, 0) is 0 Å². The zero-order valence-corrected chi connectivity index (χ0v) is 16.4. The summed E-state index contributed by atoms with van der Waals surface area (Å²) >= 11 is 0. The second-order valence-electron chi connectivity index (χ2n) is 5.10. The van der Waals surface area contributed by atoms with Gasteiger partial charge in [0.05, 0.1) is 0 Å². The minimum absolute atomic E-state index is 0. The maximum atomic E-state index is 3.87. The standard InChI is InChI=1S/C16H33.Cd/c1-3-5-7-9-11-13-15-16-14-12-10-8-6-4-2;/h1,3-16H2,2H3;. The van der Waals surface area contributed by atoms with Crippen LogP contribution in [0.1, 0.15) is 96.8 Å². The zero-order chi connectivity index (χ0) is 11.9. The van der Waals surface area contributed by atoms with E-state index < -0.39 is 0 Å². The molecule has 0 spiro atoms. The van der Waals surface area contributed by atoms with Crippen molar-refractivity contribution < 1.29 is 27.3 Å². The van der Waals surface area contributed by atoms with Crippen molar-refractivity contribution in [2.45, 2.75) is 96.8 Å². The Hall–Kier alpha value is 0.922. The van der Waals surface area contributed by atoms with E-state index in [4.69, 9.17) is 0 Å². The van der Waals surface area contributed by atoms with Gasteiger partial charge in [-0.3, -0.25) is 0 Å². The van der Waals surface area contributed by atoms with Crippen molar-refractivity contribution >= 4 is 0 Å². The van der Waals surface area contributed by atoms with Gasteiger partial charge in [0.25, 0.3) is 0 Å². The molecule has 0 aliphatic carbocycles. The molecule has 0 aromatic carbocycles. The molecule has 0 unspecified atom stereocenters. The number of hydrogen-bond donors (Lipinski definition) is 0. The van der Waals surface area contributed by atoms with Crippen molar-refractivity contribution in [3.8, 4) is 0 Å². The Balaban J connectivity index is 0. The van der Waals surface area contributed by atoms with Gasteiger partial charge in [-0.15, -0.1) is 0 Å². The topological polar surface area (TPSA) is 0 Å². The molecule has 1 heteroatoms. The van der Waals surface area contributed by atoms with Crippen LogP contribution in [0.3, 0.4) is 0 Å². The van der Waals surface area contributed by atoms with Crippen LogP contribution in [-0.2, 0) is 27.3 Å². The SMILES string of the molecule is [CH2]CCCCCCCCCCCCCCC.[Cd]. The van der Waals surface area contributed by atoms with Crippen LogP contribution < -0.4 is 0 Å². The van der Waals surface area contributed by atoms with Crippen LogP contribution >= 0.6 is 0 Å². The summed E-state index contributed by atoms with van der Waals surface area (Å²) in [5.74, 6) is 0. The van der Waals surface area contributed by atoms with Gasteiger partial charge in [0, 0.05) is 27.3 Å². The third kappa shape index (κ3) is 19.4. The molecule has 0 amide bonds. The molecule has 0 rings (SSSR count). The summed E-state index contributed by atoms with van der Waals surface area (Å²) in [5, 5.41) is 0. The van der Waals surface area contributed by atoms with E-state index >= 15 is 0 Å². The summed E-state index contributed by atoms with van der Waals surface area (Å²) in [7, 11) is 0. The molecule has 17 heavy (non-hydrogen) atoms. The van der Waals surface area contributed by atoms with Crippen LogP contribution in [0.15, 0.2) is 0 Å². The summed E-state index contributed by atoms with van der Waals surface area (Å²) in [6.07, 6.45) is 19.8. The van der Waals surface area contributed by atoms with E-state index in [2.05, 4.69) is 13.8 Å². The third-order valence-corrected chi connectivity index (χ3v) is 3.35. The Kier molecular flexibility index (Phi) is 22.9. The second-order valence-corrected chi connectivity index (χ2v) is 5.10. The molecule has 0 aliphatic rings. The first-order valence-electron chi connectivity index (χ1n) is 7.71. The predicted octanol–water partition coefficient (Wildman–Crippen LogP) is 6.30. The average molecular weight is 338 g/mol. The molecule has 0 aromatic heterocycles. The van der Waals surface area contributed by atoms with Crippen molar-refractivity contribution in [2.75, 3.05) is 0 Å². The van der Waals surface area contributed by atoms with Crippen molar-refractivity contribution in [3.05, 3.63) is 6.92 Å². The van der Waals surface area contributed by atoms with Gasteiger partial charge in [-0.25, -0.2) is 0 Å². The van der Waals surface area contributed by atoms with Gasteiger partial charge in [0.15, 0.2) is 0 Å². The van der Waals surface area contributed by atoms with E-state index in [0.717, 1.165) is 6.42 Å². The van der Waals surface area contributed by atoms with Crippen LogP contribution in [0.5, 0.6) is 0 Å². The molecule has 1 radical (unpaired) electrons. The summed E-state index contributed by atoms with van der Waals surface area (Å²) in [4.78, 5) is 0. The molecule has 99 valence electrons. The van der Waals surface area contributed by atoms with E-state index in [1.54, 1.807) is 0 Å².